The number of rotatable bonds is 6. The number of primary amides is 1. The largest absolute Gasteiger partial charge is 0.384 e. The van der Waals surface area contributed by atoms with E-state index in [2.05, 4.69) is 43.0 Å². The molecule has 5 N–H and O–H groups in total. The van der Waals surface area contributed by atoms with E-state index in [1.165, 1.54) is 18.5 Å². The number of fused-ring (bicyclic) bond motifs is 1. The van der Waals surface area contributed by atoms with Gasteiger partial charge in [-0.25, -0.2) is 9.97 Å². The third-order valence-corrected chi connectivity index (χ3v) is 6.94. The van der Waals surface area contributed by atoms with Gasteiger partial charge in [0.15, 0.2) is 5.65 Å². The van der Waals surface area contributed by atoms with Gasteiger partial charge in [-0.15, -0.1) is 0 Å². The van der Waals surface area contributed by atoms with Crippen LogP contribution in [0.2, 0.25) is 0 Å². The molecule has 2 fully saturated rings. The molecule has 1 saturated carbocycles. The number of carbonyl (C=O) groups excluding carboxylic acids is 1. The van der Waals surface area contributed by atoms with E-state index in [1.807, 2.05) is 30.5 Å². The fraction of sp³-hybridized carbons (Fsp3) is 0.308. The number of nitrogen functional groups attached to an aromatic ring is 1. The molecule has 1 aliphatic heterocycles. The Bertz CT molecular complexity index is 1380. The summed E-state index contributed by atoms with van der Waals surface area (Å²) >= 11 is 0. The van der Waals surface area contributed by atoms with Gasteiger partial charge < -0.3 is 21.7 Å². The molecule has 178 valence electrons. The first-order valence-electron chi connectivity index (χ1n) is 12.1. The van der Waals surface area contributed by atoms with Gasteiger partial charge in [-0.2, -0.15) is 4.98 Å². The molecule has 0 spiro atoms. The van der Waals surface area contributed by atoms with E-state index in [0.717, 1.165) is 54.2 Å². The van der Waals surface area contributed by atoms with Gasteiger partial charge in [0.1, 0.15) is 11.6 Å². The van der Waals surface area contributed by atoms with Gasteiger partial charge in [0.25, 0.3) is 0 Å². The van der Waals surface area contributed by atoms with Crippen LogP contribution in [0, 0.1) is 5.92 Å². The second-order valence-electron chi connectivity index (χ2n) is 9.41. The summed E-state index contributed by atoms with van der Waals surface area (Å²) in [6.07, 6.45) is 5.80. The van der Waals surface area contributed by atoms with E-state index < -0.39 is 0 Å². The maximum absolute atomic E-state index is 11.4. The Kier molecular flexibility index (Phi) is 5.24. The van der Waals surface area contributed by atoms with Crippen molar-refractivity contribution in [3.63, 3.8) is 0 Å². The fourth-order valence-corrected chi connectivity index (χ4v) is 4.86. The highest BCUT2D eigenvalue weighted by molar-refractivity contribution is 5.80. The maximum Gasteiger partial charge on any atom is 0.229 e. The molecule has 1 aromatic carbocycles. The number of nitrogens with one attached hydrogen (secondary N) is 1. The smallest absolute Gasteiger partial charge is 0.229 e. The van der Waals surface area contributed by atoms with E-state index >= 15 is 0 Å². The number of nitrogens with zero attached hydrogens (tertiary/aromatic N) is 5. The van der Waals surface area contributed by atoms with Crippen molar-refractivity contribution in [2.24, 2.45) is 11.7 Å². The molecule has 35 heavy (non-hydrogen) atoms. The van der Waals surface area contributed by atoms with Crippen LogP contribution in [0.1, 0.15) is 37.3 Å². The minimum atomic E-state index is -0.192. The quantitative estimate of drug-likeness (QED) is 0.393. The molecular weight excluding hydrogens is 440 g/mol. The average Bonchev–Trinajstić information content (AvgIpc) is 3.65. The Balaban J connectivity index is 1.25. The number of hydrogen-bond donors (Lipinski definition) is 3. The van der Waals surface area contributed by atoms with Crippen molar-refractivity contribution in [3.05, 3.63) is 60.4 Å². The molecule has 9 heteroatoms. The third kappa shape index (κ3) is 4.25. The third-order valence-electron chi connectivity index (χ3n) is 6.94. The van der Waals surface area contributed by atoms with Crippen LogP contribution < -0.4 is 21.7 Å². The number of carbonyl (C=O) groups is 1. The van der Waals surface area contributed by atoms with Gasteiger partial charge in [0, 0.05) is 47.7 Å². The van der Waals surface area contributed by atoms with Crippen molar-refractivity contribution in [2.75, 3.05) is 29.0 Å². The minimum absolute atomic E-state index is 0.0128. The second kappa shape index (κ2) is 8.57. The van der Waals surface area contributed by atoms with Crippen LogP contribution in [0.25, 0.3) is 16.9 Å². The zero-order valence-electron chi connectivity index (χ0n) is 19.4. The monoisotopic (exact) mass is 468 g/mol. The van der Waals surface area contributed by atoms with Crippen LogP contribution in [0.5, 0.6) is 0 Å². The van der Waals surface area contributed by atoms with Crippen LogP contribution in [-0.2, 0) is 4.79 Å². The number of hydrogen-bond acceptors (Lipinski definition) is 7. The Hall–Kier alpha value is -4.14. The first kappa shape index (κ1) is 21.4. The lowest BCUT2D eigenvalue weighted by atomic mass is 9.96. The molecule has 1 saturated heterocycles. The zero-order valence-corrected chi connectivity index (χ0v) is 19.4. The van der Waals surface area contributed by atoms with Crippen LogP contribution in [0.3, 0.4) is 0 Å². The summed E-state index contributed by atoms with van der Waals surface area (Å²) < 4.78 is 2.11. The highest BCUT2D eigenvalue weighted by Crippen LogP contribution is 2.43. The SMILES string of the molecule is NC(=O)C1CCN(c2ccc(Nc3ncc4cc(C5CC5)n(-c5cccc(N)n5)c4n3)cc2)CC1. The molecule has 9 nitrogen and oxygen atoms in total. The zero-order chi connectivity index (χ0) is 23.9. The molecule has 4 heterocycles. The van der Waals surface area contributed by atoms with E-state index in [-0.39, 0.29) is 11.8 Å². The molecule has 2 aliphatic rings. The Morgan fingerprint density at radius 1 is 1.00 bits per heavy atom. The Morgan fingerprint density at radius 2 is 1.77 bits per heavy atom. The summed E-state index contributed by atoms with van der Waals surface area (Å²) in [5.74, 6) is 2.10. The predicted molar refractivity (Wildman–Crippen MR) is 137 cm³/mol. The second-order valence-corrected chi connectivity index (χ2v) is 9.41. The first-order valence-corrected chi connectivity index (χ1v) is 12.1. The van der Waals surface area contributed by atoms with Crippen molar-refractivity contribution >= 4 is 40.1 Å². The normalized spacial score (nSPS) is 16.5. The summed E-state index contributed by atoms with van der Waals surface area (Å²) in [7, 11) is 0. The molecule has 1 amide bonds. The molecule has 1 aliphatic carbocycles. The molecule has 4 aromatic rings. The lowest BCUT2D eigenvalue weighted by molar-refractivity contribution is -0.122. The Morgan fingerprint density at radius 3 is 2.46 bits per heavy atom. The van der Waals surface area contributed by atoms with Crippen molar-refractivity contribution < 1.29 is 4.79 Å². The molecule has 0 bridgehead atoms. The molecule has 0 radical (unpaired) electrons. The molecule has 0 atom stereocenters. The summed E-state index contributed by atoms with van der Waals surface area (Å²) in [5, 5.41) is 4.31. The first-order chi connectivity index (χ1) is 17.0. The number of benzene rings is 1. The average molecular weight is 469 g/mol. The number of pyridine rings is 1. The van der Waals surface area contributed by atoms with Gasteiger partial charge in [0.2, 0.25) is 11.9 Å². The van der Waals surface area contributed by atoms with Gasteiger partial charge >= 0.3 is 0 Å². The molecule has 0 unspecified atom stereocenters. The van der Waals surface area contributed by atoms with Crippen LogP contribution >= 0.6 is 0 Å². The van der Waals surface area contributed by atoms with Crippen molar-refractivity contribution in [3.8, 4) is 5.82 Å². The number of piperidine rings is 1. The molecule has 6 rings (SSSR count). The standard InChI is InChI=1S/C26H28N8O/c27-22-2-1-3-23(31-22)34-21(16-4-5-16)14-18-15-29-26(32-25(18)34)30-19-6-8-20(9-7-19)33-12-10-17(11-13-33)24(28)35/h1-3,6-9,14-17H,4-5,10-13H2,(H2,27,31)(H2,28,35)(H,29,30,32). The van der Waals surface area contributed by atoms with Gasteiger partial charge in [-0.05, 0) is 74.1 Å². The van der Waals surface area contributed by atoms with Crippen LogP contribution in [-0.4, -0.2) is 38.5 Å². The fourth-order valence-electron chi connectivity index (χ4n) is 4.86. The minimum Gasteiger partial charge on any atom is -0.384 e. The molecular formula is C26H28N8O. The van der Waals surface area contributed by atoms with Crippen LogP contribution in [0.4, 0.5) is 23.1 Å². The summed E-state index contributed by atoms with van der Waals surface area (Å²) in [6.45, 7) is 1.66. The van der Waals surface area contributed by atoms with E-state index in [0.29, 0.717) is 17.7 Å². The van der Waals surface area contributed by atoms with E-state index in [4.69, 9.17) is 16.5 Å². The van der Waals surface area contributed by atoms with Crippen molar-refractivity contribution in [1.29, 1.82) is 0 Å². The van der Waals surface area contributed by atoms with E-state index in [9.17, 15) is 4.79 Å². The summed E-state index contributed by atoms with van der Waals surface area (Å²) in [6, 6.07) is 16.0. The van der Waals surface area contributed by atoms with Crippen molar-refractivity contribution in [2.45, 2.75) is 31.6 Å². The summed E-state index contributed by atoms with van der Waals surface area (Å²) in [5.41, 5.74) is 15.5. The lowest BCUT2D eigenvalue weighted by Crippen LogP contribution is -2.38. The lowest BCUT2D eigenvalue weighted by Gasteiger charge is -2.32. The number of anilines is 4. The number of aromatic nitrogens is 4. The van der Waals surface area contributed by atoms with Crippen molar-refractivity contribution in [1.82, 2.24) is 19.5 Å². The van der Waals surface area contributed by atoms with Gasteiger partial charge in [-0.1, -0.05) is 6.07 Å². The topological polar surface area (TPSA) is 128 Å². The highest BCUT2D eigenvalue weighted by Gasteiger charge is 2.29. The maximum atomic E-state index is 11.4. The summed E-state index contributed by atoms with van der Waals surface area (Å²) in [4.78, 5) is 27.7. The van der Waals surface area contributed by atoms with Crippen LogP contribution in [0.15, 0.2) is 54.7 Å². The van der Waals surface area contributed by atoms with Gasteiger partial charge in [-0.3, -0.25) is 9.36 Å². The molecule has 3 aromatic heterocycles. The highest BCUT2D eigenvalue weighted by atomic mass is 16.1. The number of amides is 1. The number of nitrogens with two attached hydrogens (primary N) is 2. The predicted octanol–water partition coefficient (Wildman–Crippen LogP) is 3.72. The van der Waals surface area contributed by atoms with Gasteiger partial charge in [0.05, 0.1) is 0 Å². The Labute approximate surface area is 203 Å². The van der Waals surface area contributed by atoms with E-state index in [1.54, 1.807) is 6.07 Å².